The fraction of sp³-hybridized carbons (Fsp3) is 0. The van der Waals surface area contributed by atoms with Crippen LogP contribution in [0.5, 0.6) is 0 Å². The van der Waals surface area contributed by atoms with Gasteiger partial charge >= 0.3 is 26.2 Å². The van der Waals surface area contributed by atoms with Crippen molar-refractivity contribution in [3.05, 3.63) is 0 Å². The molecule has 1 atom stereocenters. The molecule has 0 aromatic heterocycles. The van der Waals surface area contributed by atoms with Gasteiger partial charge < -0.3 is 19.2 Å². The average Bonchev–Trinajstić information content (AvgIpc) is 0.722. The van der Waals surface area contributed by atoms with E-state index in [2.05, 4.69) is 0 Å². The number of rotatable bonds is 0. The summed E-state index contributed by atoms with van der Waals surface area (Å²) in [6.07, 6.45) is 0. The van der Waals surface area contributed by atoms with Gasteiger partial charge in [0.05, 0.1) is 0 Å². The molecule has 0 heterocycles. The Kier molecular flexibility index (Phi) is 12.5. The molecule has 0 spiro atoms. The van der Waals surface area contributed by atoms with E-state index in [1.807, 2.05) is 0 Å². The number of hydrogen-bond donors (Lipinski definition) is 0. The van der Waals surface area contributed by atoms with Crippen molar-refractivity contribution in [3.8, 4) is 0 Å². The van der Waals surface area contributed by atoms with Gasteiger partial charge in [0.25, 0.3) is 0 Å². The van der Waals surface area contributed by atoms with Crippen molar-refractivity contribution >= 4 is 17.7 Å². The van der Waals surface area contributed by atoms with Gasteiger partial charge in [-0.25, -0.2) is 0 Å². The molecule has 0 fully saturated rings. The molecule has 0 aliphatic heterocycles. The van der Waals surface area contributed by atoms with E-state index in [1.165, 1.54) is 0 Å². The summed E-state index contributed by atoms with van der Waals surface area (Å²) in [5.41, 5.74) is 0. The van der Waals surface area contributed by atoms with E-state index in [-0.39, 0.29) is 36.1 Å². The second kappa shape index (κ2) is 5.56. The van der Waals surface area contributed by atoms with Gasteiger partial charge in [0.2, 0.25) is 0 Å². The van der Waals surface area contributed by atoms with Crippen LogP contribution in [0.3, 0.4) is 0 Å². The Bertz CT molecular complexity index is 55.8. The molecule has 0 aliphatic rings. The predicted octanol–water partition coefficient (Wildman–Crippen LogP) is -2.77. The first-order chi connectivity index (χ1) is 2.00. The van der Waals surface area contributed by atoms with Gasteiger partial charge in [0.1, 0.15) is 0 Å². The first kappa shape index (κ1) is 15.8. The zero-order valence-electron chi connectivity index (χ0n) is 3.29. The molecule has 0 saturated heterocycles. The minimum absolute atomic E-state index is 0. The largest absolute Gasteiger partial charge is 4.00 e. The fourth-order valence-corrected chi connectivity index (χ4v) is 0. The molecule has 0 amide bonds. The quantitative estimate of drug-likeness (QED) is 0.413. The van der Waals surface area contributed by atoms with Crippen LogP contribution in [0, 0.1) is 0 Å². The summed E-state index contributed by atoms with van der Waals surface area (Å²) in [7, 11) is -5.39. The van der Waals surface area contributed by atoms with Crippen molar-refractivity contribution in [2.75, 3.05) is 0 Å². The third-order valence-corrected chi connectivity index (χ3v) is 0. The van der Waals surface area contributed by atoms with Crippen LogP contribution in [0.2, 0.25) is 0 Å². The van der Waals surface area contributed by atoms with Gasteiger partial charge in [-0.2, -0.15) is 17.7 Å². The second-order valence-electron chi connectivity index (χ2n) is 0.447. The van der Waals surface area contributed by atoms with Crippen LogP contribution in [-0.4, -0.2) is 0 Å². The van der Waals surface area contributed by atoms with Crippen LogP contribution < -0.4 is 14.7 Å². The average molecular weight is 220 g/mol. The van der Waals surface area contributed by atoms with Crippen LogP contribution in [0.4, 0.5) is 0 Å². The smallest absolute Gasteiger partial charge is 0.822 e. The molecular formula is H3O4P2Zr+. The molecule has 4 nitrogen and oxygen atoms in total. The normalized spacial score (nSPS) is 8.43. The Morgan fingerprint density at radius 1 is 1.14 bits per heavy atom. The first-order valence-corrected chi connectivity index (χ1v) is 2.19. The minimum atomic E-state index is -5.39. The third-order valence-electron chi connectivity index (χ3n) is 0. The van der Waals surface area contributed by atoms with Crippen molar-refractivity contribution in [2.45, 2.75) is 0 Å². The summed E-state index contributed by atoms with van der Waals surface area (Å²) in [4.78, 5) is 25.6. The summed E-state index contributed by atoms with van der Waals surface area (Å²) in [6.45, 7) is 0. The van der Waals surface area contributed by atoms with Gasteiger partial charge in [0, 0.05) is 0 Å². The van der Waals surface area contributed by atoms with Gasteiger partial charge in [-0.15, -0.1) is 0 Å². The maximum absolute atomic E-state index is 8.55. The topological polar surface area (TPSA) is 86.2 Å². The molecule has 0 N–H and O–H groups in total. The van der Waals surface area contributed by atoms with Crippen LogP contribution in [0.25, 0.3) is 0 Å². The molecule has 0 radical (unpaired) electrons. The molecule has 0 aromatic carbocycles. The van der Waals surface area contributed by atoms with E-state index in [4.69, 9.17) is 19.2 Å². The molecule has 0 aliphatic carbocycles. The molecule has 40 valence electrons. The van der Waals surface area contributed by atoms with Gasteiger partial charge in [-0.1, -0.05) is 0 Å². The summed E-state index contributed by atoms with van der Waals surface area (Å²) < 4.78 is 8.55. The van der Waals surface area contributed by atoms with E-state index in [0.717, 1.165) is 0 Å². The maximum Gasteiger partial charge on any atom is 4.00 e. The van der Waals surface area contributed by atoms with Crippen molar-refractivity contribution in [3.63, 3.8) is 0 Å². The van der Waals surface area contributed by atoms with E-state index >= 15 is 0 Å². The van der Waals surface area contributed by atoms with Crippen LogP contribution >= 0.6 is 17.7 Å². The second-order valence-corrected chi connectivity index (χ2v) is 1.34. The zero-order valence-corrected chi connectivity index (χ0v) is 8.05. The van der Waals surface area contributed by atoms with Gasteiger partial charge in [-0.05, 0) is 0 Å². The Morgan fingerprint density at radius 3 is 1.14 bits per heavy atom. The minimum Gasteiger partial charge on any atom is -0.822 e. The number of hydrogen-bond acceptors (Lipinski definition) is 4. The zero-order chi connectivity index (χ0) is 4.50. The standard InChI is InChI=1S/H3O4P.H3P.Zr/c1-5(2,3)4;;/h(H3,1,2,3,4);1H3;/q;;+4/p-3. The summed E-state index contributed by atoms with van der Waals surface area (Å²) in [6, 6.07) is 0. The number of phosphoric acid groups is 1. The molecule has 0 rings (SSSR count). The van der Waals surface area contributed by atoms with Crippen LogP contribution in [0.15, 0.2) is 0 Å². The Balaban J connectivity index is -0.0000000800. The molecule has 0 saturated carbocycles. The van der Waals surface area contributed by atoms with Gasteiger partial charge in [-0.3, -0.25) is 0 Å². The predicted molar refractivity (Wildman–Crippen MR) is 18.7 cm³/mol. The van der Waals surface area contributed by atoms with Crippen LogP contribution in [0.1, 0.15) is 0 Å². The summed E-state index contributed by atoms with van der Waals surface area (Å²) >= 11 is 0. The van der Waals surface area contributed by atoms with Crippen molar-refractivity contribution in [1.82, 2.24) is 0 Å². The van der Waals surface area contributed by atoms with E-state index in [9.17, 15) is 0 Å². The van der Waals surface area contributed by atoms with Crippen LogP contribution in [-0.2, 0) is 30.8 Å². The van der Waals surface area contributed by atoms with E-state index in [1.54, 1.807) is 0 Å². The fourth-order valence-electron chi connectivity index (χ4n) is 0. The van der Waals surface area contributed by atoms with Gasteiger partial charge in [0.15, 0.2) is 0 Å². The first-order valence-electron chi connectivity index (χ1n) is 0.730. The molecule has 0 bridgehead atoms. The SMILES string of the molecule is O=P([O-])([O-])[O-].P.[Zr+4]. The molecular weight excluding hydrogens is 217 g/mol. The Hall–Kier alpha value is 1.42. The van der Waals surface area contributed by atoms with Crippen molar-refractivity contribution < 1.29 is 45.4 Å². The monoisotopic (exact) mass is 219 g/mol. The summed E-state index contributed by atoms with van der Waals surface area (Å²) in [5.74, 6) is 0. The Labute approximate surface area is 63.3 Å². The molecule has 7 heteroatoms. The van der Waals surface area contributed by atoms with Crippen molar-refractivity contribution in [2.24, 2.45) is 0 Å². The van der Waals surface area contributed by atoms with Crippen molar-refractivity contribution in [1.29, 1.82) is 0 Å². The molecule has 1 unspecified atom stereocenters. The van der Waals surface area contributed by atoms with E-state index in [0.29, 0.717) is 0 Å². The Morgan fingerprint density at radius 2 is 1.14 bits per heavy atom. The summed E-state index contributed by atoms with van der Waals surface area (Å²) in [5, 5.41) is 0. The maximum atomic E-state index is 8.55. The third kappa shape index (κ3) is 108. The molecule has 7 heavy (non-hydrogen) atoms. The molecule has 0 aromatic rings. The van der Waals surface area contributed by atoms with E-state index < -0.39 is 7.82 Å².